The number of anilines is 1. The molecule has 0 bridgehead atoms. The Kier molecular flexibility index (Phi) is 6.60. The van der Waals surface area contributed by atoms with Crippen LogP contribution in [0.4, 0.5) is 10.5 Å². The summed E-state index contributed by atoms with van der Waals surface area (Å²) in [6, 6.07) is 21.1. The molecule has 3 aromatic carbocycles. The summed E-state index contributed by atoms with van der Waals surface area (Å²) in [7, 11) is 0. The molecule has 1 unspecified atom stereocenters. The fourth-order valence-electron chi connectivity index (χ4n) is 4.31. The Hall–Kier alpha value is -4.13. The molecular weight excluding hydrogens is 444 g/mol. The van der Waals surface area contributed by atoms with E-state index < -0.39 is 23.5 Å². The van der Waals surface area contributed by atoms with Crippen LogP contribution in [-0.2, 0) is 9.53 Å². The third-order valence-corrected chi connectivity index (χ3v) is 6.57. The second-order valence-electron chi connectivity index (χ2n) is 8.94. The summed E-state index contributed by atoms with van der Waals surface area (Å²) in [5.74, 6) is -1.81. The predicted molar refractivity (Wildman–Crippen MR) is 134 cm³/mol. The number of amides is 2. The Morgan fingerprint density at radius 1 is 0.971 bits per heavy atom. The fraction of sp³-hybridized carbons (Fsp3) is 0.250. The minimum Gasteiger partial charge on any atom is -0.480 e. The van der Waals surface area contributed by atoms with Crippen molar-refractivity contribution >= 4 is 23.7 Å². The predicted octanol–water partition coefficient (Wildman–Crippen LogP) is 5.34. The average molecular weight is 473 g/mol. The number of aliphatic carboxylic acids is 1. The lowest BCUT2D eigenvalue weighted by atomic mass is 9.98. The smallest absolute Gasteiger partial charge is 0.411 e. The van der Waals surface area contributed by atoms with E-state index in [1.165, 1.54) is 6.92 Å². The first-order valence-corrected chi connectivity index (χ1v) is 11.5. The first-order valence-electron chi connectivity index (χ1n) is 11.5. The van der Waals surface area contributed by atoms with Crippen LogP contribution in [0, 0.1) is 6.92 Å². The molecule has 7 heteroatoms. The maximum absolute atomic E-state index is 13.0. The van der Waals surface area contributed by atoms with Crippen LogP contribution in [-0.4, -0.2) is 35.2 Å². The lowest BCUT2D eigenvalue weighted by Gasteiger charge is -2.25. The number of aryl methyl sites for hydroxylation is 1. The number of nitrogens with one attached hydrogen (secondary N) is 2. The zero-order chi connectivity index (χ0) is 25.2. The average Bonchev–Trinajstić information content (AvgIpc) is 3.17. The van der Waals surface area contributed by atoms with Crippen LogP contribution in [0.25, 0.3) is 11.1 Å². The third kappa shape index (κ3) is 4.75. The number of benzene rings is 3. The highest BCUT2D eigenvalue weighted by Gasteiger charge is 2.34. The molecule has 0 saturated carbocycles. The van der Waals surface area contributed by atoms with Crippen molar-refractivity contribution in [3.05, 3.63) is 89.0 Å². The standard InChI is InChI=1S/C28H28N2O5/c1-4-28(3,26(32)33)30-25(31)22-15-17(2)13-14-24(22)29-27(34)35-16-23-20-11-7-5-9-18(20)19-10-6-8-12-21(19)23/h5-15,23H,4,16H2,1-3H3,(H,29,34)(H,30,31)(H,32,33). The van der Waals surface area contributed by atoms with Gasteiger partial charge in [0.2, 0.25) is 0 Å². The van der Waals surface area contributed by atoms with Gasteiger partial charge in [0.15, 0.2) is 0 Å². The van der Waals surface area contributed by atoms with Gasteiger partial charge in [-0.15, -0.1) is 0 Å². The maximum Gasteiger partial charge on any atom is 0.411 e. The minimum atomic E-state index is -1.43. The van der Waals surface area contributed by atoms with Crippen LogP contribution < -0.4 is 10.6 Å². The van der Waals surface area contributed by atoms with Crippen LogP contribution in [0.2, 0.25) is 0 Å². The summed E-state index contributed by atoms with van der Waals surface area (Å²) in [6.07, 6.45) is -0.490. The largest absolute Gasteiger partial charge is 0.480 e. The number of carbonyl (C=O) groups excluding carboxylic acids is 2. The Morgan fingerprint density at radius 2 is 1.57 bits per heavy atom. The van der Waals surface area contributed by atoms with E-state index in [-0.39, 0.29) is 30.2 Å². The number of hydrogen-bond donors (Lipinski definition) is 3. The summed E-state index contributed by atoms with van der Waals surface area (Å²) < 4.78 is 5.59. The quantitative estimate of drug-likeness (QED) is 0.431. The molecule has 0 spiro atoms. The number of carbonyl (C=O) groups is 3. The second-order valence-corrected chi connectivity index (χ2v) is 8.94. The van der Waals surface area contributed by atoms with E-state index in [4.69, 9.17) is 4.74 Å². The van der Waals surface area contributed by atoms with Crippen LogP contribution in [0.1, 0.15) is 53.2 Å². The Labute approximate surface area is 204 Å². The van der Waals surface area contributed by atoms with Gasteiger partial charge in [0.1, 0.15) is 12.1 Å². The Balaban J connectivity index is 1.50. The molecule has 1 aliphatic carbocycles. The van der Waals surface area contributed by atoms with E-state index in [1.807, 2.05) is 43.3 Å². The van der Waals surface area contributed by atoms with Gasteiger partial charge >= 0.3 is 12.1 Å². The first kappa shape index (κ1) is 24.0. The van der Waals surface area contributed by atoms with Gasteiger partial charge in [0, 0.05) is 5.92 Å². The number of rotatable bonds is 7. The molecular formula is C28H28N2O5. The van der Waals surface area contributed by atoms with Crippen LogP contribution in [0.5, 0.6) is 0 Å². The zero-order valence-electron chi connectivity index (χ0n) is 19.9. The van der Waals surface area contributed by atoms with Gasteiger partial charge in [-0.25, -0.2) is 9.59 Å². The van der Waals surface area contributed by atoms with E-state index in [2.05, 4.69) is 22.8 Å². The van der Waals surface area contributed by atoms with Crippen molar-refractivity contribution in [3.8, 4) is 11.1 Å². The molecule has 7 nitrogen and oxygen atoms in total. The highest BCUT2D eigenvalue weighted by atomic mass is 16.5. The molecule has 0 saturated heterocycles. The number of hydrogen-bond acceptors (Lipinski definition) is 4. The van der Waals surface area contributed by atoms with Gasteiger partial charge in [-0.3, -0.25) is 10.1 Å². The van der Waals surface area contributed by atoms with E-state index in [0.717, 1.165) is 27.8 Å². The minimum absolute atomic E-state index is 0.0882. The Bertz CT molecular complexity index is 1260. The molecule has 1 atom stereocenters. The lowest BCUT2D eigenvalue weighted by Crippen LogP contribution is -2.51. The molecule has 1 aliphatic rings. The normalized spacial score (nSPS) is 13.8. The van der Waals surface area contributed by atoms with Gasteiger partial charge in [0.25, 0.3) is 5.91 Å². The number of carboxylic acid groups (broad SMARTS) is 1. The topological polar surface area (TPSA) is 105 Å². The van der Waals surface area contributed by atoms with Gasteiger partial charge in [-0.1, -0.05) is 67.1 Å². The molecule has 2 amide bonds. The maximum atomic E-state index is 13.0. The highest BCUT2D eigenvalue weighted by Crippen LogP contribution is 2.44. The molecule has 180 valence electrons. The van der Waals surface area contributed by atoms with Gasteiger partial charge in [0.05, 0.1) is 11.3 Å². The van der Waals surface area contributed by atoms with Crippen molar-refractivity contribution in [2.24, 2.45) is 0 Å². The van der Waals surface area contributed by atoms with Crippen molar-refractivity contribution in [3.63, 3.8) is 0 Å². The van der Waals surface area contributed by atoms with Crippen molar-refractivity contribution in [2.75, 3.05) is 11.9 Å². The summed E-state index contributed by atoms with van der Waals surface area (Å²) in [4.78, 5) is 37.3. The molecule has 3 aromatic rings. The van der Waals surface area contributed by atoms with Crippen LogP contribution >= 0.6 is 0 Å². The number of ether oxygens (including phenoxy) is 1. The molecule has 0 aromatic heterocycles. The summed E-state index contributed by atoms with van der Waals surface area (Å²) in [5.41, 5.74) is 4.24. The SMILES string of the molecule is CCC(C)(NC(=O)c1cc(C)ccc1NC(=O)OCC1c2ccccc2-c2ccccc21)C(=O)O. The van der Waals surface area contributed by atoms with Gasteiger partial charge < -0.3 is 15.2 Å². The first-order chi connectivity index (χ1) is 16.7. The zero-order valence-corrected chi connectivity index (χ0v) is 19.9. The number of carboxylic acids is 1. The monoisotopic (exact) mass is 472 g/mol. The second kappa shape index (κ2) is 9.62. The molecule has 35 heavy (non-hydrogen) atoms. The molecule has 0 radical (unpaired) electrons. The van der Waals surface area contributed by atoms with Crippen molar-refractivity contribution < 1.29 is 24.2 Å². The summed E-state index contributed by atoms with van der Waals surface area (Å²) in [6.45, 7) is 5.08. The van der Waals surface area contributed by atoms with Crippen LogP contribution in [0.15, 0.2) is 66.7 Å². The van der Waals surface area contributed by atoms with Crippen LogP contribution in [0.3, 0.4) is 0 Å². The summed E-state index contributed by atoms with van der Waals surface area (Å²) >= 11 is 0. The van der Waals surface area contributed by atoms with E-state index in [9.17, 15) is 19.5 Å². The summed E-state index contributed by atoms with van der Waals surface area (Å²) in [5, 5.41) is 14.7. The fourth-order valence-corrected chi connectivity index (χ4v) is 4.31. The van der Waals surface area contributed by atoms with E-state index in [1.54, 1.807) is 25.1 Å². The van der Waals surface area contributed by atoms with Crippen molar-refractivity contribution in [2.45, 2.75) is 38.6 Å². The van der Waals surface area contributed by atoms with E-state index in [0.29, 0.717) is 0 Å². The highest BCUT2D eigenvalue weighted by molar-refractivity contribution is 6.04. The number of fused-ring (bicyclic) bond motifs is 3. The van der Waals surface area contributed by atoms with Gasteiger partial charge in [-0.2, -0.15) is 0 Å². The van der Waals surface area contributed by atoms with E-state index >= 15 is 0 Å². The molecule has 0 heterocycles. The van der Waals surface area contributed by atoms with Crippen molar-refractivity contribution in [1.82, 2.24) is 5.32 Å². The van der Waals surface area contributed by atoms with Gasteiger partial charge in [-0.05, 0) is 54.7 Å². The molecule has 3 N–H and O–H groups in total. The van der Waals surface area contributed by atoms with Crippen molar-refractivity contribution in [1.29, 1.82) is 0 Å². The molecule has 0 fully saturated rings. The molecule has 4 rings (SSSR count). The third-order valence-electron chi connectivity index (χ3n) is 6.57. The Morgan fingerprint density at radius 3 is 2.14 bits per heavy atom. The molecule has 0 aliphatic heterocycles. The lowest BCUT2D eigenvalue weighted by molar-refractivity contribution is -0.143.